The van der Waals surface area contributed by atoms with Crippen molar-refractivity contribution in [2.75, 3.05) is 16.4 Å². The summed E-state index contributed by atoms with van der Waals surface area (Å²) in [5.41, 5.74) is 2.95. The number of aliphatic carboxylic acids is 1. The largest absolute Gasteiger partial charge is 0.550 e. The van der Waals surface area contributed by atoms with Crippen molar-refractivity contribution in [2.24, 2.45) is 4.99 Å². The van der Waals surface area contributed by atoms with Crippen LogP contribution in [0.2, 0.25) is 0 Å². The molecule has 140 valence electrons. The highest BCUT2D eigenvalue weighted by Crippen LogP contribution is 2.41. The molecule has 0 aliphatic carbocycles. The van der Waals surface area contributed by atoms with Crippen molar-refractivity contribution in [3.05, 3.63) is 29.3 Å². The summed E-state index contributed by atoms with van der Waals surface area (Å²) in [6.07, 6.45) is -0.619. The van der Waals surface area contributed by atoms with Gasteiger partial charge in [-0.15, -0.1) is 0 Å². The molecule has 2 fully saturated rings. The van der Waals surface area contributed by atoms with E-state index in [0.29, 0.717) is 5.17 Å². The van der Waals surface area contributed by atoms with Crippen molar-refractivity contribution >= 4 is 44.3 Å². The van der Waals surface area contributed by atoms with Crippen LogP contribution in [0, 0.1) is 13.8 Å². The molecular formula is C17H19N2O5S2-. The van der Waals surface area contributed by atoms with Crippen LogP contribution >= 0.6 is 11.8 Å². The van der Waals surface area contributed by atoms with Gasteiger partial charge in [-0.1, -0.05) is 17.8 Å². The second-order valence-corrected chi connectivity index (χ2v) is 9.96. The Morgan fingerprint density at radius 3 is 2.62 bits per heavy atom. The molecule has 0 N–H and O–H groups in total. The molecule has 2 heterocycles. The molecule has 1 aromatic carbocycles. The van der Waals surface area contributed by atoms with E-state index in [1.54, 1.807) is 0 Å². The van der Waals surface area contributed by atoms with Gasteiger partial charge >= 0.3 is 0 Å². The average molecular weight is 395 g/mol. The number of sulfone groups is 1. The fourth-order valence-corrected chi connectivity index (χ4v) is 7.04. The second-order valence-electron chi connectivity index (χ2n) is 6.60. The van der Waals surface area contributed by atoms with Crippen LogP contribution in [0.25, 0.3) is 0 Å². The van der Waals surface area contributed by atoms with E-state index in [2.05, 4.69) is 4.99 Å². The van der Waals surface area contributed by atoms with Crippen LogP contribution in [0.1, 0.15) is 24.0 Å². The molecule has 0 spiro atoms. The Morgan fingerprint density at radius 1 is 1.23 bits per heavy atom. The monoisotopic (exact) mass is 395 g/mol. The molecule has 1 amide bonds. The van der Waals surface area contributed by atoms with Gasteiger partial charge in [0, 0.05) is 23.3 Å². The van der Waals surface area contributed by atoms with Gasteiger partial charge in [0.1, 0.15) is 0 Å². The highest BCUT2D eigenvalue weighted by atomic mass is 32.2. The van der Waals surface area contributed by atoms with Gasteiger partial charge in [0.15, 0.2) is 15.0 Å². The molecule has 0 unspecified atom stereocenters. The number of benzene rings is 1. The molecule has 0 bridgehead atoms. The molecule has 0 radical (unpaired) electrons. The molecule has 2 aliphatic rings. The molecule has 7 nitrogen and oxygen atoms in total. The van der Waals surface area contributed by atoms with Crippen molar-refractivity contribution in [3.63, 3.8) is 0 Å². The Labute approximate surface area is 156 Å². The van der Waals surface area contributed by atoms with Crippen LogP contribution in [-0.2, 0) is 19.4 Å². The maximum atomic E-state index is 12.0. The molecule has 9 heteroatoms. The second kappa shape index (κ2) is 7.03. The quantitative estimate of drug-likeness (QED) is 0.728. The van der Waals surface area contributed by atoms with E-state index in [0.717, 1.165) is 16.8 Å². The van der Waals surface area contributed by atoms with Crippen LogP contribution in [0.4, 0.5) is 5.69 Å². The Bertz CT molecular complexity index is 894. The zero-order valence-electron chi connectivity index (χ0n) is 14.5. The summed E-state index contributed by atoms with van der Waals surface area (Å²) < 4.78 is 24.1. The number of carboxylic acid groups (broad SMARTS) is 1. The van der Waals surface area contributed by atoms with E-state index >= 15 is 0 Å². The van der Waals surface area contributed by atoms with Gasteiger partial charge in [-0.05, 0) is 43.5 Å². The van der Waals surface area contributed by atoms with Gasteiger partial charge in [-0.2, -0.15) is 4.99 Å². The highest BCUT2D eigenvalue weighted by Gasteiger charge is 2.49. The van der Waals surface area contributed by atoms with Crippen molar-refractivity contribution in [1.29, 1.82) is 0 Å². The summed E-state index contributed by atoms with van der Waals surface area (Å²) >= 11 is 1.27. The summed E-state index contributed by atoms with van der Waals surface area (Å²) in [4.78, 5) is 28.4. The first kappa shape index (κ1) is 18.9. The molecule has 2 saturated heterocycles. The van der Waals surface area contributed by atoms with Crippen molar-refractivity contribution in [2.45, 2.75) is 38.0 Å². The first-order chi connectivity index (χ1) is 12.2. The molecule has 3 rings (SSSR count). The van der Waals surface area contributed by atoms with Crippen LogP contribution in [0.15, 0.2) is 23.2 Å². The first-order valence-electron chi connectivity index (χ1n) is 8.21. The minimum Gasteiger partial charge on any atom is -0.550 e. The minimum absolute atomic E-state index is 0.0177. The summed E-state index contributed by atoms with van der Waals surface area (Å²) in [7, 11) is -3.13. The third-order valence-corrected chi connectivity index (χ3v) is 7.81. The van der Waals surface area contributed by atoms with Crippen LogP contribution in [-0.4, -0.2) is 48.3 Å². The lowest BCUT2D eigenvalue weighted by Gasteiger charge is -2.25. The number of carboxylic acids is 1. The zero-order valence-corrected chi connectivity index (χ0v) is 16.1. The summed E-state index contributed by atoms with van der Waals surface area (Å²) in [5, 5.41) is 10.8. The van der Waals surface area contributed by atoms with E-state index in [1.807, 2.05) is 36.9 Å². The lowest BCUT2D eigenvalue weighted by atomic mass is 10.1. The number of hydrogen-bond acceptors (Lipinski definition) is 6. The van der Waals surface area contributed by atoms with Crippen molar-refractivity contribution in [3.8, 4) is 0 Å². The number of thioether (sulfide) groups is 1. The number of amides is 1. The van der Waals surface area contributed by atoms with Crippen LogP contribution in [0.5, 0.6) is 0 Å². The number of fused-ring (bicyclic) bond motifs is 1. The number of anilines is 1. The zero-order chi connectivity index (χ0) is 19.1. The lowest BCUT2D eigenvalue weighted by Crippen LogP contribution is -2.37. The van der Waals surface area contributed by atoms with E-state index in [9.17, 15) is 23.1 Å². The van der Waals surface area contributed by atoms with Crippen molar-refractivity contribution in [1.82, 2.24) is 0 Å². The number of carbonyl (C=O) groups excluding carboxylic acids is 2. The molecule has 1 aromatic rings. The first-order valence-corrected chi connectivity index (χ1v) is 10.9. The fraction of sp³-hybridized carbons (Fsp3) is 0.471. The molecule has 26 heavy (non-hydrogen) atoms. The van der Waals surface area contributed by atoms with Gasteiger partial charge in [-0.25, -0.2) is 8.42 Å². The number of carbonyl (C=O) groups is 2. The van der Waals surface area contributed by atoms with E-state index < -0.39 is 21.7 Å². The average Bonchev–Trinajstić information content (AvgIpc) is 2.99. The maximum Gasteiger partial charge on any atom is 0.248 e. The lowest BCUT2D eigenvalue weighted by molar-refractivity contribution is -0.305. The Morgan fingerprint density at radius 2 is 1.96 bits per heavy atom. The standard InChI is InChI=1S/C17H20N2O5S2/c1-10-3-4-12(7-11(10)2)19-13-8-26(23,24)9-14(13)25-17(19)18-15(20)5-6-16(21)22/h3-4,7,13-14H,5-6,8-9H2,1-2H3,(H,21,22)/p-1/t13-,14+/m1/s1. The SMILES string of the molecule is Cc1ccc(N2C(=NC(=O)CCC(=O)[O-])S[C@H]3CS(=O)(=O)C[C@H]32)cc1C. The third kappa shape index (κ3) is 3.93. The smallest absolute Gasteiger partial charge is 0.248 e. The van der Waals surface area contributed by atoms with Crippen molar-refractivity contribution < 1.29 is 23.1 Å². The predicted octanol–water partition coefficient (Wildman–Crippen LogP) is 0.435. The van der Waals surface area contributed by atoms with Gasteiger partial charge in [0.05, 0.1) is 17.5 Å². The predicted molar refractivity (Wildman–Crippen MR) is 98.9 cm³/mol. The van der Waals surface area contributed by atoms with E-state index in [1.165, 1.54) is 11.8 Å². The third-order valence-electron chi connectivity index (χ3n) is 4.60. The number of rotatable bonds is 4. The molecule has 0 aromatic heterocycles. The number of nitrogens with zero attached hydrogens (tertiary/aromatic N) is 2. The van der Waals surface area contributed by atoms with Gasteiger partial charge in [0.2, 0.25) is 5.91 Å². The molecule has 0 saturated carbocycles. The molecular weight excluding hydrogens is 376 g/mol. The van der Waals surface area contributed by atoms with E-state index in [-0.39, 0.29) is 35.6 Å². The molecule has 2 aliphatic heterocycles. The van der Waals surface area contributed by atoms with E-state index in [4.69, 9.17) is 0 Å². The maximum absolute atomic E-state index is 12.0. The molecule has 2 atom stereocenters. The number of aryl methyl sites for hydroxylation is 2. The van der Waals surface area contributed by atoms with Gasteiger partial charge in [0.25, 0.3) is 0 Å². The van der Waals surface area contributed by atoms with Gasteiger partial charge in [-0.3, -0.25) is 4.79 Å². The topological polar surface area (TPSA) is 107 Å². The Balaban J connectivity index is 1.94. The number of amidine groups is 1. The fourth-order valence-electron chi connectivity index (χ4n) is 3.11. The Hall–Kier alpha value is -1.87. The summed E-state index contributed by atoms with van der Waals surface area (Å²) in [5.74, 6) is -1.78. The highest BCUT2D eigenvalue weighted by molar-refractivity contribution is 8.16. The Kier molecular flexibility index (Phi) is 5.12. The van der Waals surface area contributed by atoms with Crippen LogP contribution in [0.3, 0.4) is 0 Å². The summed E-state index contributed by atoms with van der Waals surface area (Å²) in [6.45, 7) is 3.95. The summed E-state index contributed by atoms with van der Waals surface area (Å²) in [6, 6.07) is 5.50. The van der Waals surface area contributed by atoms with Crippen LogP contribution < -0.4 is 10.0 Å². The normalized spacial score (nSPS) is 25.5. The number of hydrogen-bond donors (Lipinski definition) is 0. The van der Waals surface area contributed by atoms with Gasteiger partial charge < -0.3 is 14.8 Å². The number of aliphatic imine (C=N–C) groups is 1. The minimum atomic E-state index is -3.13.